The Morgan fingerprint density at radius 2 is 1.82 bits per heavy atom. The lowest BCUT2D eigenvalue weighted by molar-refractivity contribution is -0.123. The van der Waals surface area contributed by atoms with E-state index in [1.165, 1.54) is 23.5 Å². The predicted octanol–water partition coefficient (Wildman–Crippen LogP) is 4.27. The molecule has 38 heavy (non-hydrogen) atoms. The number of hydrogen-bond acceptors (Lipinski definition) is 9. The number of nitrogens with zero attached hydrogens (tertiary/aromatic N) is 2. The molecule has 0 fully saturated rings. The normalized spacial score (nSPS) is 12.5. The predicted molar refractivity (Wildman–Crippen MR) is 148 cm³/mol. The molecule has 11 heteroatoms. The number of carbonyl (C=O) groups excluding carboxylic acids is 1. The van der Waals surface area contributed by atoms with Crippen molar-refractivity contribution in [2.45, 2.75) is 17.9 Å². The van der Waals surface area contributed by atoms with Crippen LogP contribution in [0, 0.1) is 0 Å². The van der Waals surface area contributed by atoms with Crippen molar-refractivity contribution in [3.05, 3.63) is 77.9 Å². The second-order valence-corrected chi connectivity index (χ2v) is 11.4. The van der Waals surface area contributed by atoms with Crippen LogP contribution in [-0.2, 0) is 14.6 Å². The number of sulfone groups is 1. The lowest BCUT2D eigenvalue weighted by Crippen LogP contribution is -2.25. The van der Waals surface area contributed by atoms with Gasteiger partial charge in [-0.15, -0.1) is 0 Å². The summed E-state index contributed by atoms with van der Waals surface area (Å²) in [4.78, 5) is 22.1. The molecular weight excluding hydrogens is 526 g/mol. The highest BCUT2D eigenvalue weighted by molar-refractivity contribution is 7.91. The summed E-state index contributed by atoms with van der Waals surface area (Å²) in [5.41, 5.74) is 2.05. The van der Waals surface area contributed by atoms with Gasteiger partial charge in [-0.2, -0.15) is 0 Å². The van der Waals surface area contributed by atoms with Gasteiger partial charge in [-0.1, -0.05) is 30.4 Å². The van der Waals surface area contributed by atoms with Crippen LogP contribution in [0.4, 0.5) is 5.13 Å². The topological polar surface area (TPSA) is 127 Å². The number of aromatic nitrogens is 1. The minimum Gasteiger partial charge on any atom is -0.491 e. The largest absolute Gasteiger partial charge is 0.491 e. The summed E-state index contributed by atoms with van der Waals surface area (Å²) in [6, 6.07) is 18.5. The van der Waals surface area contributed by atoms with E-state index in [0.29, 0.717) is 27.7 Å². The van der Waals surface area contributed by atoms with Crippen molar-refractivity contribution in [1.29, 1.82) is 0 Å². The second kappa shape index (κ2) is 12.2. The summed E-state index contributed by atoms with van der Waals surface area (Å²) < 4.78 is 36.8. The number of aliphatic hydroxyl groups is 1. The Labute approximate surface area is 224 Å². The van der Waals surface area contributed by atoms with Crippen LogP contribution in [0.25, 0.3) is 10.2 Å². The van der Waals surface area contributed by atoms with Crippen LogP contribution >= 0.6 is 11.3 Å². The molecule has 0 bridgehead atoms. The Morgan fingerprint density at radius 1 is 1.11 bits per heavy atom. The van der Waals surface area contributed by atoms with Gasteiger partial charge >= 0.3 is 0 Å². The first kappa shape index (κ1) is 27.2. The molecule has 1 aromatic heterocycles. The maximum Gasteiger partial charge on any atom is 0.271 e. The molecule has 9 nitrogen and oxygen atoms in total. The summed E-state index contributed by atoms with van der Waals surface area (Å²) in [5.74, 6) is 0.558. The lowest BCUT2D eigenvalue weighted by atomic mass is 10.1. The number of anilines is 1. The van der Waals surface area contributed by atoms with Crippen molar-refractivity contribution >= 4 is 48.6 Å². The van der Waals surface area contributed by atoms with Crippen LogP contribution < -0.4 is 14.8 Å². The first-order valence-electron chi connectivity index (χ1n) is 11.8. The highest BCUT2D eigenvalue weighted by Crippen LogP contribution is 2.31. The van der Waals surface area contributed by atoms with E-state index in [-0.39, 0.29) is 23.9 Å². The Balaban J connectivity index is 1.61. The van der Waals surface area contributed by atoms with Crippen LogP contribution in [0.3, 0.4) is 0 Å². The van der Waals surface area contributed by atoms with Crippen LogP contribution in [0.2, 0.25) is 0 Å². The van der Waals surface area contributed by atoms with E-state index in [4.69, 9.17) is 14.6 Å². The summed E-state index contributed by atoms with van der Waals surface area (Å²) in [7, 11) is -1.71. The molecule has 0 aliphatic heterocycles. The molecule has 0 spiro atoms. The van der Waals surface area contributed by atoms with Gasteiger partial charge in [0.05, 0.1) is 27.5 Å². The van der Waals surface area contributed by atoms with Crippen molar-refractivity contribution in [2.24, 2.45) is 4.99 Å². The first-order chi connectivity index (χ1) is 18.3. The number of thiazole rings is 1. The molecule has 198 valence electrons. The van der Waals surface area contributed by atoms with Crippen LogP contribution in [0.5, 0.6) is 11.5 Å². The van der Waals surface area contributed by atoms with Crippen molar-refractivity contribution in [3.8, 4) is 11.5 Å². The fraction of sp³-hybridized carbons (Fsp3) is 0.222. The van der Waals surface area contributed by atoms with Crippen molar-refractivity contribution in [3.63, 3.8) is 0 Å². The van der Waals surface area contributed by atoms with Crippen LogP contribution in [0.1, 0.15) is 24.2 Å². The lowest BCUT2D eigenvalue weighted by Gasteiger charge is -2.19. The SMILES string of the molecule is CCS(=O)(=O)c1ccc(C(Oc2ccc(/C=N/C)cc2)C(=O)Nc2nc3ccc(OCCO)cc3s2)cc1. The zero-order valence-electron chi connectivity index (χ0n) is 20.8. The van der Waals surface area contributed by atoms with Crippen molar-refractivity contribution < 1.29 is 27.8 Å². The molecule has 1 unspecified atom stereocenters. The number of rotatable bonds is 11. The summed E-state index contributed by atoms with van der Waals surface area (Å²) in [5, 5.41) is 12.2. The fourth-order valence-electron chi connectivity index (χ4n) is 3.59. The molecule has 2 N–H and O–H groups in total. The zero-order valence-corrected chi connectivity index (χ0v) is 22.5. The van der Waals surface area contributed by atoms with E-state index in [0.717, 1.165) is 10.3 Å². The maximum absolute atomic E-state index is 13.4. The molecule has 1 atom stereocenters. The van der Waals surface area contributed by atoms with Gasteiger partial charge in [-0.05, 0) is 60.2 Å². The van der Waals surface area contributed by atoms with Gasteiger partial charge in [0.1, 0.15) is 18.1 Å². The Hall–Kier alpha value is -3.80. The van der Waals surface area contributed by atoms with Gasteiger partial charge in [0.25, 0.3) is 5.91 Å². The van der Waals surface area contributed by atoms with E-state index >= 15 is 0 Å². The van der Waals surface area contributed by atoms with Gasteiger partial charge in [0.2, 0.25) is 6.10 Å². The first-order valence-corrected chi connectivity index (χ1v) is 14.3. The molecule has 3 aromatic carbocycles. The van der Waals surface area contributed by atoms with Gasteiger partial charge in [0, 0.05) is 18.8 Å². The summed E-state index contributed by atoms with van der Waals surface area (Å²) >= 11 is 1.27. The van der Waals surface area contributed by atoms with Crippen molar-refractivity contribution in [1.82, 2.24) is 4.98 Å². The number of carbonyl (C=O) groups is 1. The Bertz CT molecular complexity index is 1530. The minimum absolute atomic E-state index is 0.0233. The van der Waals surface area contributed by atoms with Gasteiger partial charge in [-0.3, -0.25) is 15.1 Å². The standard InChI is InChI=1S/C27H27N3O6S2/c1-3-38(33,34)22-11-6-19(7-12-22)25(36-20-8-4-18(5-9-20)17-28-2)26(32)30-27-29-23-13-10-21(35-15-14-31)16-24(23)37-27/h4-13,16-17,25,31H,3,14-15H2,1-2H3,(H,29,30,32)/b28-17+. The zero-order chi connectivity index (χ0) is 27.1. The number of ether oxygens (including phenoxy) is 2. The third-order valence-electron chi connectivity index (χ3n) is 5.52. The Morgan fingerprint density at radius 3 is 2.47 bits per heavy atom. The minimum atomic E-state index is -3.39. The number of benzene rings is 3. The quantitative estimate of drug-likeness (QED) is 0.266. The van der Waals surface area contributed by atoms with E-state index in [2.05, 4.69) is 15.3 Å². The van der Waals surface area contributed by atoms with Gasteiger partial charge in [-0.25, -0.2) is 13.4 Å². The molecule has 0 aliphatic rings. The van der Waals surface area contributed by atoms with Crippen LogP contribution in [0.15, 0.2) is 76.6 Å². The third-order valence-corrected chi connectivity index (χ3v) is 8.21. The molecule has 0 radical (unpaired) electrons. The average molecular weight is 554 g/mol. The van der Waals surface area contributed by atoms with Gasteiger partial charge in [0.15, 0.2) is 15.0 Å². The van der Waals surface area contributed by atoms with Crippen molar-refractivity contribution in [2.75, 3.05) is 31.3 Å². The average Bonchev–Trinajstić information content (AvgIpc) is 3.33. The van der Waals surface area contributed by atoms with E-state index in [1.54, 1.807) is 62.7 Å². The third kappa shape index (κ3) is 6.55. The smallest absolute Gasteiger partial charge is 0.271 e. The number of hydrogen-bond donors (Lipinski definition) is 2. The number of nitrogens with one attached hydrogen (secondary N) is 1. The number of aliphatic hydroxyl groups excluding tert-OH is 1. The molecule has 4 rings (SSSR count). The molecule has 4 aromatic rings. The fourth-order valence-corrected chi connectivity index (χ4v) is 5.37. The number of fused-ring (bicyclic) bond motifs is 1. The number of aliphatic imine (C=N–C) groups is 1. The molecule has 0 saturated heterocycles. The molecule has 0 aliphatic carbocycles. The number of amides is 1. The van der Waals surface area contributed by atoms with Crippen LogP contribution in [-0.4, -0.2) is 56.6 Å². The van der Waals surface area contributed by atoms with E-state index < -0.39 is 21.8 Å². The van der Waals surface area contributed by atoms with E-state index in [1.807, 2.05) is 12.1 Å². The van der Waals surface area contributed by atoms with E-state index in [9.17, 15) is 13.2 Å². The highest BCUT2D eigenvalue weighted by Gasteiger charge is 2.25. The molecule has 1 amide bonds. The molecule has 1 heterocycles. The molecular formula is C27H27N3O6S2. The van der Waals surface area contributed by atoms with Gasteiger partial charge < -0.3 is 14.6 Å². The summed E-state index contributed by atoms with van der Waals surface area (Å²) in [6.07, 6.45) is 0.628. The monoisotopic (exact) mass is 553 g/mol. The highest BCUT2D eigenvalue weighted by atomic mass is 32.2. The second-order valence-electron chi connectivity index (χ2n) is 8.14. The maximum atomic E-state index is 13.4. The summed E-state index contributed by atoms with van der Waals surface area (Å²) in [6.45, 7) is 1.66. The Kier molecular flexibility index (Phi) is 8.72. The molecule has 0 saturated carbocycles.